The number of rotatable bonds is 4. The van der Waals surface area contributed by atoms with E-state index in [0.717, 1.165) is 25.5 Å². The molecule has 2 fully saturated rings. The Labute approximate surface area is 142 Å². The zero-order valence-corrected chi connectivity index (χ0v) is 14.3. The third-order valence-electron chi connectivity index (χ3n) is 5.03. The zero-order chi connectivity index (χ0) is 17.2. The van der Waals surface area contributed by atoms with Crippen molar-refractivity contribution in [2.45, 2.75) is 44.8 Å². The molecule has 0 radical (unpaired) electrons. The Hall–Kier alpha value is -1.53. The SMILES string of the molecule is CC(C)OC[C@H]1CCC[C@]12CN(C(=O)c1ccncc1F)CCO2. The number of pyridine rings is 1. The summed E-state index contributed by atoms with van der Waals surface area (Å²) in [5.41, 5.74) is -0.276. The maximum atomic E-state index is 13.9. The molecule has 2 aliphatic rings. The lowest BCUT2D eigenvalue weighted by atomic mass is 9.89. The van der Waals surface area contributed by atoms with Crippen LogP contribution >= 0.6 is 0 Å². The average molecular weight is 336 g/mol. The summed E-state index contributed by atoms with van der Waals surface area (Å²) in [7, 11) is 0. The van der Waals surface area contributed by atoms with Crippen molar-refractivity contribution in [2.24, 2.45) is 5.92 Å². The fourth-order valence-electron chi connectivity index (χ4n) is 3.76. The van der Waals surface area contributed by atoms with Crippen LogP contribution in [0.3, 0.4) is 0 Å². The van der Waals surface area contributed by atoms with Gasteiger partial charge in [0, 0.05) is 18.7 Å². The largest absolute Gasteiger partial charge is 0.378 e. The van der Waals surface area contributed by atoms with Crippen molar-refractivity contribution in [3.8, 4) is 0 Å². The van der Waals surface area contributed by atoms with Crippen LogP contribution in [0, 0.1) is 11.7 Å². The van der Waals surface area contributed by atoms with E-state index in [1.807, 2.05) is 13.8 Å². The molecule has 1 saturated carbocycles. The first-order chi connectivity index (χ1) is 11.5. The first kappa shape index (κ1) is 17.3. The Morgan fingerprint density at radius 3 is 3.17 bits per heavy atom. The Morgan fingerprint density at radius 2 is 2.42 bits per heavy atom. The van der Waals surface area contributed by atoms with Crippen LogP contribution in [-0.2, 0) is 9.47 Å². The molecule has 2 atom stereocenters. The Balaban J connectivity index is 1.74. The molecule has 0 aromatic carbocycles. The molecule has 1 saturated heterocycles. The van der Waals surface area contributed by atoms with Crippen LogP contribution < -0.4 is 0 Å². The molecule has 1 aromatic rings. The lowest BCUT2D eigenvalue weighted by Gasteiger charge is -2.44. The highest BCUT2D eigenvalue weighted by Gasteiger charge is 2.48. The highest BCUT2D eigenvalue weighted by molar-refractivity contribution is 5.94. The van der Waals surface area contributed by atoms with E-state index in [-0.39, 0.29) is 29.1 Å². The highest BCUT2D eigenvalue weighted by Crippen LogP contribution is 2.41. The Kier molecular flexibility index (Phi) is 5.15. The number of carbonyl (C=O) groups excluding carboxylic acids is 1. The van der Waals surface area contributed by atoms with Gasteiger partial charge in [0.25, 0.3) is 5.91 Å². The lowest BCUT2D eigenvalue weighted by molar-refractivity contribution is -0.136. The molecule has 24 heavy (non-hydrogen) atoms. The highest BCUT2D eigenvalue weighted by atomic mass is 19.1. The molecule has 1 aliphatic carbocycles. The molecule has 5 nitrogen and oxygen atoms in total. The monoisotopic (exact) mass is 336 g/mol. The third kappa shape index (κ3) is 3.44. The minimum Gasteiger partial charge on any atom is -0.378 e. The van der Waals surface area contributed by atoms with Crippen LogP contribution in [0.25, 0.3) is 0 Å². The minimum absolute atomic E-state index is 0.0787. The zero-order valence-electron chi connectivity index (χ0n) is 14.3. The molecule has 3 rings (SSSR count). The van der Waals surface area contributed by atoms with Crippen molar-refractivity contribution >= 4 is 5.91 Å². The van der Waals surface area contributed by atoms with Crippen LogP contribution in [0.15, 0.2) is 18.5 Å². The third-order valence-corrected chi connectivity index (χ3v) is 5.03. The standard InChI is InChI=1S/C18H25FN2O3/c1-13(2)23-11-14-4-3-6-18(14)12-21(8-9-24-18)17(22)15-5-7-20-10-16(15)19/h5,7,10,13-14H,3-4,6,8-9,11-12H2,1-2H3/t14-,18+/m1/s1. The van der Waals surface area contributed by atoms with Crippen LogP contribution in [0.5, 0.6) is 0 Å². The van der Waals surface area contributed by atoms with E-state index in [2.05, 4.69) is 4.98 Å². The number of halogens is 1. The van der Waals surface area contributed by atoms with Gasteiger partial charge in [-0.3, -0.25) is 9.78 Å². The summed E-state index contributed by atoms with van der Waals surface area (Å²) < 4.78 is 25.8. The number of ether oxygens (including phenoxy) is 2. The van der Waals surface area contributed by atoms with E-state index in [1.54, 1.807) is 4.90 Å². The van der Waals surface area contributed by atoms with Crippen molar-refractivity contribution in [1.29, 1.82) is 0 Å². The number of morpholine rings is 1. The van der Waals surface area contributed by atoms with Crippen LogP contribution in [0.4, 0.5) is 4.39 Å². The van der Waals surface area contributed by atoms with Gasteiger partial charge < -0.3 is 14.4 Å². The van der Waals surface area contributed by atoms with Gasteiger partial charge in [0.2, 0.25) is 0 Å². The van der Waals surface area contributed by atoms with E-state index in [1.165, 1.54) is 12.3 Å². The fraction of sp³-hybridized carbons (Fsp3) is 0.667. The van der Waals surface area contributed by atoms with Crippen molar-refractivity contribution in [3.05, 3.63) is 29.8 Å². The average Bonchev–Trinajstić information content (AvgIpc) is 2.94. The quantitative estimate of drug-likeness (QED) is 0.848. The molecular formula is C18H25FN2O3. The molecule has 0 bridgehead atoms. The van der Waals surface area contributed by atoms with Crippen LogP contribution in [-0.4, -0.2) is 53.8 Å². The van der Waals surface area contributed by atoms with Crippen LogP contribution in [0.2, 0.25) is 0 Å². The molecular weight excluding hydrogens is 311 g/mol. The van der Waals surface area contributed by atoms with E-state index in [9.17, 15) is 9.18 Å². The van der Waals surface area contributed by atoms with Crippen molar-refractivity contribution in [2.75, 3.05) is 26.3 Å². The van der Waals surface area contributed by atoms with E-state index >= 15 is 0 Å². The molecule has 1 aromatic heterocycles. The summed E-state index contributed by atoms with van der Waals surface area (Å²) in [6.07, 6.45) is 5.73. The lowest BCUT2D eigenvalue weighted by Crippen LogP contribution is -2.56. The summed E-state index contributed by atoms with van der Waals surface area (Å²) in [6.45, 7) is 6.15. The second kappa shape index (κ2) is 7.15. The molecule has 1 amide bonds. The first-order valence-corrected chi connectivity index (χ1v) is 8.66. The molecule has 1 aliphatic heterocycles. The Morgan fingerprint density at radius 1 is 1.58 bits per heavy atom. The molecule has 1 spiro atoms. The van der Waals surface area contributed by atoms with Crippen molar-refractivity contribution in [1.82, 2.24) is 9.88 Å². The van der Waals surface area contributed by atoms with Gasteiger partial charge in [0.05, 0.1) is 43.2 Å². The van der Waals surface area contributed by atoms with E-state index in [0.29, 0.717) is 26.3 Å². The number of amides is 1. The second-order valence-corrected chi connectivity index (χ2v) is 6.97. The fourth-order valence-corrected chi connectivity index (χ4v) is 3.76. The van der Waals surface area contributed by atoms with Gasteiger partial charge in [-0.15, -0.1) is 0 Å². The molecule has 0 unspecified atom stereocenters. The minimum atomic E-state index is -0.575. The van der Waals surface area contributed by atoms with Gasteiger partial charge in [-0.2, -0.15) is 0 Å². The molecule has 6 heteroatoms. The molecule has 132 valence electrons. The predicted octanol–water partition coefficient (Wildman–Crippen LogP) is 2.66. The molecule has 2 heterocycles. The van der Waals surface area contributed by atoms with Gasteiger partial charge in [-0.25, -0.2) is 4.39 Å². The van der Waals surface area contributed by atoms with Gasteiger partial charge in [-0.05, 0) is 32.8 Å². The summed E-state index contributed by atoms with van der Waals surface area (Å²) in [5.74, 6) is -0.583. The second-order valence-electron chi connectivity index (χ2n) is 6.97. The number of hydrogen-bond donors (Lipinski definition) is 0. The summed E-state index contributed by atoms with van der Waals surface area (Å²) in [5, 5.41) is 0. The van der Waals surface area contributed by atoms with Gasteiger partial charge in [0.1, 0.15) is 0 Å². The topological polar surface area (TPSA) is 51.7 Å². The van der Waals surface area contributed by atoms with Gasteiger partial charge in [0.15, 0.2) is 5.82 Å². The number of aromatic nitrogens is 1. The Bertz CT molecular complexity index is 595. The van der Waals surface area contributed by atoms with Gasteiger partial charge in [-0.1, -0.05) is 6.42 Å². The van der Waals surface area contributed by atoms with E-state index < -0.39 is 5.82 Å². The normalized spacial score (nSPS) is 27.2. The summed E-state index contributed by atoms with van der Waals surface area (Å²) >= 11 is 0. The number of nitrogens with zero attached hydrogens (tertiary/aromatic N) is 2. The van der Waals surface area contributed by atoms with Crippen molar-refractivity contribution in [3.63, 3.8) is 0 Å². The number of hydrogen-bond acceptors (Lipinski definition) is 4. The summed E-state index contributed by atoms with van der Waals surface area (Å²) in [4.78, 5) is 18.1. The molecule has 0 N–H and O–H groups in total. The van der Waals surface area contributed by atoms with E-state index in [4.69, 9.17) is 9.47 Å². The van der Waals surface area contributed by atoms with Gasteiger partial charge >= 0.3 is 0 Å². The predicted molar refractivity (Wildman–Crippen MR) is 87.2 cm³/mol. The van der Waals surface area contributed by atoms with Crippen LogP contribution in [0.1, 0.15) is 43.5 Å². The first-order valence-electron chi connectivity index (χ1n) is 8.66. The number of carbonyl (C=O) groups is 1. The summed E-state index contributed by atoms with van der Waals surface area (Å²) in [6, 6.07) is 1.44. The van der Waals surface area contributed by atoms with Crippen molar-refractivity contribution < 1.29 is 18.7 Å². The maximum Gasteiger partial charge on any atom is 0.257 e. The smallest absolute Gasteiger partial charge is 0.257 e. The maximum absolute atomic E-state index is 13.9.